The highest BCUT2D eigenvalue weighted by Gasteiger charge is 2.01. The SMILES string of the molecule is CC(C)CCNCc1ccc(OCc2ccccc2Cl)cc1.Cl. The summed E-state index contributed by atoms with van der Waals surface area (Å²) in [6.07, 6.45) is 1.21. The summed E-state index contributed by atoms with van der Waals surface area (Å²) < 4.78 is 5.78. The van der Waals surface area contributed by atoms with Crippen LogP contribution in [0.4, 0.5) is 0 Å². The van der Waals surface area contributed by atoms with E-state index in [9.17, 15) is 0 Å². The van der Waals surface area contributed by atoms with Gasteiger partial charge in [-0.1, -0.05) is 55.8 Å². The lowest BCUT2D eigenvalue weighted by molar-refractivity contribution is 0.306. The molecule has 1 N–H and O–H groups in total. The third-order valence-corrected chi connectivity index (χ3v) is 3.87. The largest absolute Gasteiger partial charge is 0.489 e. The Balaban J connectivity index is 0.00000264. The van der Waals surface area contributed by atoms with E-state index in [1.807, 2.05) is 36.4 Å². The molecule has 0 aliphatic rings. The van der Waals surface area contributed by atoms with Crippen LogP contribution in [0.3, 0.4) is 0 Å². The number of hydrogen-bond donors (Lipinski definition) is 1. The van der Waals surface area contributed by atoms with Crippen LogP contribution in [0.15, 0.2) is 48.5 Å². The molecule has 0 aromatic heterocycles. The van der Waals surface area contributed by atoms with Gasteiger partial charge in [-0.15, -0.1) is 12.4 Å². The highest BCUT2D eigenvalue weighted by Crippen LogP contribution is 2.19. The van der Waals surface area contributed by atoms with Gasteiger partial charge in [0.15, 0.2) is 0 Å². The molecule has 2 aromatic carbocycles. The molecular formula is C19H25Cl2NO. The van der Waals surface area contributed by atoms with Crippen molar-refractivity contribution in [2.45, 2.75) is 33.4 Å². The molecule has 0 unspecified atom stereocenters. The molecule has 0 saturated heterocycles. The topological polar surface area (TPSA) is 21.3 Å². The highest BCUT2D eigenvalue weighted by molar-refractivity contribution is 6.31. The molecule has 0 fully saturated rings. The van der Waals surface area contributed by atoms with Crippen LogP contribution in [0, 0.1) is 5.92 Å². The average Bonchev–Trinajstić information content (AvgIpc) is 2.52. The van der Waals surface area contributed by atoms with E-state index in [4.69, 9.17) is 16.3 Å². The Morgan fingerprint density at radius 2 is 1.74 bits per heavy atom. The monoisotopic (exact) mass is 353 g/mol. The maximum atomic E-state index is 6.12. The van der Waals surface area contributed by atoms with Gasteiger partial charge < -0.3 is 10.1 Å². The number of halogens is 2. The van der Waals surface area contributed by atoms with Gasteiger partial charge in [-0.25, -0.2) is 0 Å². The van der Waals surface area contributed by atoms with Crippen LogP contribution in [-0.2, 0) is 13.2 Å². The van der Waals surface area contributed by atoms with E-state index in [1.165, 1.54) is 12.0 Å². The van der Waals surface area contributed by atoms with Gasteiger partial charge in [-0.3, -0.25) is 0 Å². The van der Waals surface area contributed by atoms with Crippen LogP contribution < -0.4 is 10.1 Å². The summed E-state index contributed by atoms with van der Waals surface area (Å²) in [6.45, 7) is 6.94. The van der Waals surface area contributed by atoms with Gasteiger partial charge in [-0.2, -0.15) is 0 Å². The molecule has 0 radical (unpaired) electrons. The zero-order valence-electron chi connectivity index (χ0n) is 13.7. The van der Waals surface area contributed by atoms with Gasteiger partial charge in [0.2, 0.25) is 0 Å². The van der Waals surface area contributed by atoms with Crippen molar-refractivity contribution in [3.05, 3.63) is 64.7 Å². The number of hydrogen-bond acceptors (Lipinski definition) is 2. The number of rotatable bonds is 8. The Morgan fingerprint density at radius 3 is 2.39 bits per heavy atom. The van der Waals surface area contributed by atoms with Gasteiger partial charge in [0.25, 0.3) is 0 Å². The van der Waals surface area contributed by atoms with Crippen molar-refractivity contribution in [2.24, 2.45) is 5.92 Å². The van der Waals surface area contributed by atoms with Crippen molar-refractivity contribution < 1.29 is 4.74 Å². The Labute approximate surface area is 150 Å². The van der Waals surface area contributed by atoms with Gasteiger partial charge in [0, 0.05) is 17.1 Å². The molecule has 0 spiro atoms. The first-order chi connectivity index (χ1) is 10.6. The summed E-state index contributed by atoms with van der Waals surface area (Å²) in [5.74, 6) is 1.61. The summed E-state index contributed by atoms with van der Waals surface area (Å²) in [6, 6.07) is 16.0. The van der Waals surface area contributed by atoms with Gasteiger partial charge >= 0.3 is 0 Å². The molecule has 2 rings (SSSR count). The number of benzene rings is 2. The quantitative estimate of drug-likeness (QED) is 0.634. The molecular weight excluding hydrogens is 329 g/mol. The molecule has 126 valence electrons. The molecule has 0 atom stereocenters. The smallest absolute Gasteiger partial charge is 0.119 e. The Kier molecular flexibility index (Phi) is 9.08. The van der Waals surface area contributed by atoms with E-state index in [2.05, 4.69) is 31.3 Å². The fraction of sp³-hybridized carbons (Fsp3) is 0.368. The number of ether oxygens (including phenoxy) is 1. The average molecular weight is 354 g/mol. The van der Waals surface area contributed by atoms with Crippen molar-refractivity contribution in [3.8, 4) is 5.75 Å². The second kappa shape index (κ2) is 10.5. The van der Waals surface area contributed by atoms with Crippen LogP contribution in [0.25, 0.3) is 0 Å². The van der Waals surface area contributed by atoms with E-state index in [1.54, 1.807) is 0 Å². The normalized spacial score (nSPS) is 10.4. The fourth-order valence-corrected chi connectivity index (χ4v) is 2.29. The maximum absolute atomic E-state index is 6.12. The first-order valence-corrected chi connectivity index (χ1v) is 8.19. The van der Waals surface area contributed by atoms with Crippen molar-refractivity contribution in [1.29, 1.82) is 0 Å². The van der Waals surface area contributed by atoms with E-state index in [0.29, 0.717) is 6.61 Å². The summed E-state index contributed by atoms with van der Waals surface area (Å²) in [5, 5.41) is 4.20. The van der Waals surface area contributed by atoms with Gasteiger partial charge in [-0.05, 0) is 42.6 Å². The number of nitrogens with one attached hydrogen (secondary N) is 1. The zero-order valence-corrected chi connectivity index (χ0v) is 15.3. The fourth-order valence-electron chi connectivity index (χ4n) is 2.10. The molecule has 2 aromatic rings. The molecule has 0 aliphatic carbocycles. The van der Waals surface area contributed by atoms with Crippen LogP contribution in [-0.4, -0.2) is 6.54 Å². The molecule has 4 heteroatoms. The maximum Gasteiger partial charge on any atom is 0.119 e. The van der Waals surface area contributed by atoms with Crippen LogP contribution >= 0.6 is 24.0 Å². The van der Waals surface area contributed by atoms with Gasteiger partial charge in [0.05, 0.1) is 0 Å². The lowest BCUT2D eigenvalue weighted by Crippen LogP contribution is -2.16. The van der Waals surface area contributed by atoms with E-state index < -0.39 is 0 Å². The molecule has 0 amide bonds. The van der Waals surface area contributed by atoms with Crippen molar-refractivity contribution in [2.75, 3.05) is 6.54 Å². The third-order valence-electron chi connectivity index (χ3n) is 3.50. The standard InChI is InChI=1S/C19H24ClNO.ClH/c1-15(2)11-12-21-13-16-7-9-18(10-8-16)22-14-17-5-3-4-6-19(17)20;/h3-10,15,21H,11-14H2,1-2H3;1H. The minimum atomic E-state index is 0. The van der Waals surface area contributed by atoms with Crippen LogP contribution in [0.1, 0.15) is 31.4 Å². The molecule has 23 heavy (non-hydrogen) atoms. The van der Waals surface area contributed by atoms with Crippen molar-refractivity contribution >= 4 is 24.0 Å². The summed E-state index contributed by atoms with van der Waals surface area (Å²) >= 11 is 6.12. The first-order valence-electron chi connectivity index (χ1n) is 7.81. The van der Waals surface area contributed by atoms with Crippen LogP contribution in [0.5, 0.6) is 5.75 Å². The minimum absolute atomic E-state index is 0. The summed E-state index contributed by atoms with van der Waals surface area (Å²) in [7, 11) is 0. The lowest BCUT2D eigenvalue weighted by atomic mass is 10.1. The molecule has 0 saturated carbocycles. The predicted octanol–water partition coefficient (Wildman–Crippen LogP) is 5.48. The Bertz CT molecular complexity index is 570. The molecule has 0 bridgehead atoms. The van der Waals surface area contributed by atoms with Crippen molar-refractivity contribution in [3.63, 3.8) is 0 Å². The summed E-state index contributed by atoms with van der Waals surface area (Å²) in [5.41, 5.74) is 2.28. The highest BCUT2D eigenvalue weighted by atomic mass is 35.5. The lowest BCUT2D eigenvalue weighted by Gasteiger charge is -2.09. The van der Waals surface area contributed by atoms with E-state index >= 15 is 0 Å². The predicted molar refractivity (Wildman–Crippen MR) is 101 cm³/mol. The van der Waals surface area contributed by atoms with E-state index in [-0.39, 0.29) is 12.4 Å². The molecule has 0 aliphatic heterocycles. The van der Waals surface area contributed by atoms with Crippen LogP contribution in [0.2, 0.25) is 5.02 Å². The van der Waals surface area contributed by atoms with Crippen molar-refractivity contribution in [1.82, 2.24) is 5.32 Å². The Hall–Kier alpha value is -1.22. The third kappa shape index (κ3) is 7.26. The zero-order chi connectivity index (χ0) is 15.8. The first kappa shape index (κ1) is 19.8. The summed E-state index contributed by atoms with van der Waals surface area (Å²) in [4.78, 5) is 0. The van der Waals surface area contributed by atoms with Gasteiger partial charge in [0.1, 0.15) is 12.4 Å². The second-order valence-electron chi connectivity index (χ2n) is 5.88. The molecule has 0 heterocycles. The second-order valence-corrected chi connectivity index (χ2v) is 6.29. The Morgan fingerprint density at radius 1 is 1.04 bits per heavy atom. The van der Waals surface area contributed by atoms with E-state index in [0.717, 1.165) is 35.3 Å². The molecule has 2 nitrogen and oxygen atoms in total. The minimum Gasteiger partial charge on any atom is -0.489 e.